The molecule has 0 unspecified atom stereocenters. The van der Waals surface area contributed by atoms with Gasteiger partial charge in [0.2, 0.25) is 23.6 Å². The van der Waals surface area contributed by atoms with Gasteiger partial charge in [0.25, 0.3) is 0 Å². The van der Waals surface area contributed by atoms with Crippen molar-refractivity contribution < 1.29 is 19.2 Å². The van der Waals surface area contributed by atoms with E-state index in [0.29, 0.717) is 0 Å². The van der Waals surface area contributed by atoms with E-state index in [1.807, 2.05) is 30.3 Å². The van der Waals surface area contributed by atoms with E-state index >= 15 is 0 Å². The molecule has 0 saturated carbocycles. The largest absolute Gasteiger partial charge is 0.351 e. The molecule has 0 aliphatic rings. The lowest BCUT2D eigenvalue weighted by atomic mass is 10.0. The van der Waals surface area contributed by atoms with Crippen molar-refractivity contribution >= 4 is 23.6 Å². The van der Waals surface area contributed by atoms with Crippen LogP contribution in [-0.2, 0) is 25.6 Å². The summed E-state index contributed by atoms with van der Waals surface area (Å²) in [6.45, 7) is 8.93. The van der Waals surface area contributed by atoms with Gasteiger partial charge in [-0.25, -0.2) is 0 Å². The highest BCUT2D eigenvalue weighted by Gasteiger charge is 2.30. The summed E-state index contributed by atoms with van der Waals surface area (Å²) in [5, 5.41) is 10.7. The van der Waals surface area contributed by atoms with Crippen molar-refractivity contribution in [2.45, 2.75) is 58.2 Å². The van der Waals surface area contributed by atoms with E-state index in [0.717, 1.165) is 5.56 Å². The van der Waals surface area contributed by atoms with Gasteiger partial charge < -0.3 is 21.3 Å². The van der Waals surface area contributed by atoms with E-state index < -0.39 is 29.9 Å². The van der Waals surface area contributed by atoms with Gasteiger partial charge in [-0.3, -0.25) is 19.2 Å². The number of hydrogen-bond acceptors (Lipinski definition) is 4. The monoisotopic (exact) mass is 454 g/mol. The maximum absolute atomic E-state index is 13.1. The number of amides is 4. The minimum Gasteiger partial charge on any atom is -0.351 e. The van der Waals surface area contributed by atoms with Crippen LogP contribution >= 0.6 is 0 Å². The van der Waals surface area contributed by atoms with E-state index in [4.69, 9.17) is 6.42 Å². The Hall–Kier alpha value is -3.60. The minimum absolute atomic E-state index is 0.0977. The summed E-state index contributed by atoms with van der Waals surface area (Å²) in [4.78, 5) is 50.2. The predicted molar refractivity (Wildman–Crippen MR) is 128 cm³/mol. The van der Waals surface area contributed by atoms with Crippen LogP contribution in [0.25, 0.3) is 0 Å². The zero-order valence-corrected chi connectivity index (χ0v) is 19.5. The smallest absolute Gasteiger partial charge is 0.243 e. The van der Waals surface area contributed by atoms with E-state index in [9.17, 15) is 19.2 Å². The molecular formula is C25H34N4O4. The minimum atomic E-state index is -0.895. The Kier molecular flexibility index (Phi) is 12.0. The van der Waals surface area contributed by atoms with Crippen molar-refractivity contribution in [3.05, 3.63) is 48.6 Å². The van der Waals surface area contributed by atoms with Crippen LogP contribution in [0, 0.1) is 18.3 Å². The number of hydrogen-bond donors (Lipinski definition) is 4. The Bertz CT molecular complexity index is 861. The molecule has 0 heterocycles. The first kappa shape index (κ1) is 27.4. The molecular weight excluding hydrogens is 420 g/mol. The first-order valence-corrected chi connectivity index (χ1v) is 11.0. The fourth-order valence-electron chi connectivity index (χ4n) is 2.99. The summed E-state index contributed by atoms with van der Waals surface area (Å²) < 4.78 is 0. The third-order valence-electron chi connectivity index (χ3n) is 4.85. The molecule has 0 aromatic heterocycles. The average molecular weight is 455 g/mol. The molecule has 1 aromatic rings. The average Bonchev–Trinajstić information content (AvgIpc) is 2.79. The van der Waals surface area contributed by atoms with Crippen molar-refractivity contribution in [1.82, 2.24) is 21.3 Å². The van der Waals surface area contributed by atoms with Crippen molar-refractivity contribution in [2.24, 2.45) is 5.92 Å². The van der Waals surface area contributed by atoms with Gasteiger partial charge in [0.1, 0.15) is 18.1 Å². The van der Waals surface area contributed by atoms with Gasteiger partial charge >= 0.3 is 0 Å². The van der Waals surface area contributed by atoms with Crippen LogP contribution in [0.4, 0.5) is 0 Å². The molecule has 4 amide bonds. The molecule has 8 nitrogen and oxygen atoms in total. The van der Waals surface area contributed by atoms with E-state index in [2.05, 4.69) is 33.8 Å². The molecule has 0 saturated heterocycles. The SMILES string of the molecule is C#CCCC(=O)N[C@@H](Cc1ccccc1)C(=O)N[C@H](C(=O)N[C@@H](C)C(=O)NCC=C)C(C)C. The second-order valence-corrected chi connectivity index (χ2v) is 8.01. The van der Waals surface area contributed by atoms with Crippen LogP contribution in [0.3, 0.4) is 0 Å². The summed E-state index contributed by atoms with van der Waals surface area (Å²) in [5.41, 5.74) is 0.855. The standard InChI is InChI=1S/C25H34N4O4/c1-6-8-14-21(30)28-20(16-19-12-10-9-11-13-19)24(32)29-22(17(3)4)25(33)27-18(5)23(31)26-15-7-2/h1,7,9-13,17-18,20,22H,2,8,14-16H2,3-5H3,(H,26,31)(H,27,33)(H,28,30)(H,29,32)/t18-,20-,22-/m0/s1. The number of carbonyl (C=O) groups excluding carboxylic acids is 4. The van der Waals surface area contributed by atoms with Crippen molar-refractivity contribution in [3.63, 3.8) is 0 Å². The fraction of sp³-hybridized carbons (Fsp3) is 0.440. The highest BCUT2D eigenvalue weighted by Crippen LogP contribution is 2.08. The fourth-order valence-corrected chi connectivity index (χ4v) is 2.99. The third kappa shape index (κ3) is 10.0. The summed E-state index contributed by atoms with van der Waals surface area (Å²) >= 11 is 0. The molecule has 0 spiro atoms. The summed E-state index contributed by atoms with van der Waals surface area (Å²) in [7, 11) is 0. The predicted octanol–water partition coefficient (Wildman–Crippen LogP) is 1.08. The summed E-state index contributed by atoms with van der Waals surface area (Å²) in [6, 6.07) is 6.66. The Morgan fingerprint density at radius 1 is 1.00 bits per heavy atom. The van der Waals surface area contributed by atoms with Crippen molar-refractivity contribution in [1.29, 1.82) is 0 Å². The Morgan fingerprint density at radius 2 is 1.67 bits per heavy atom. The number of terminal acetylenes is 1. The molecule has 33 heavy (non-hydrogen) atoms. The van der Waals surface area contributed by atoms with Crippen LogP contribution in [-0.4, -0.2) is 48.3 Å². The Labute approximate surface area is 196 Å². The van der Waals surface area contributed by atoms with E-state index in [1.54, 1.807) is 20.8 Å². The zero-order valence-electron chi connectivity index (χ0n) is 19.5. The van der Waals surface area contributed by atoms with Crippen LogP contribution in [0.1, 0.15) is 39.2 Å². The number of rotatable bonds is 13. The first-order valence-electron chi connectivity index (χ1n) is 11.0. The van der Waals surface area contributed by atoms with Crippen LogP contribution < -0.4 is 21.3 Å². The van der Waals surface area contributed by atoms with Crippen LogP contribution in [0.5, 0.6) is 0 Å². The molecule has 0 aliphatic heterocycles. The van der Waals surface area contributed by atoms with Gasteiger partial charge in [-0.1, -0.05) is 50.3 Å². The molecule has 0 aliphatic carbocycles. The third-order valence-corrected chi connectivity index (χ3v) is 4.85. The maximum atomic E-state index is 13.1. The topological polar surface area (TPSA) is 116 Å². The molecule has 0 radical (unpaired) electrons. The van der Waals surface area contributed by atoms with Gasteiger partial charge in [-0.05, 0) is 18.4 Å². The van der Waals surface area contributed by atoms with Crippen LogP contribution in [0.15, 0.2) is 43.0 Å². The quantitative estimate of drug-likeness (QED) is 0.264. The molecule has 1 aromatic carbocycles. The van der Waals surface area contributed by atoms with Crippen molar-refractivity contribution in [3.8, 4) is 12.3 Å². The lowest BCUT2D eigenvalue weighted by Gasteiger charge is -2.26. The van der Waals surface area contributed by atoms with Gasteiger partial charge in [0.15, 0.2) is 0 Å². The van der Waals surface area contributed by atoms with Gasteiger partial charge in [-0.2, -0.15) is 0 Å². The molecule has 0 fully saturated rings. The van der Waals surface area contributed by atoms with E-state index in [1.165, 1.54) is 6.08 Å². The highest BCUT2D eigenvalue weighted by molar-refractivity contribution is 5.94. The van der Waals surface area contributed by atoms with Crippen molar-refractivity contribution in [2.75, 3.05) is 6.54 Å². The normalized spacial score (nSPS) is 13.1. The molecule has 3 atom stereocenters. The lowest BCUT2D eigenvalue weighted by molar-refractivity contribution is -0.134. The summed E-state index contributed by atoms with van der Waals surface area (Å²) in [5.74, 6) is 0.452. The maximum Gasteiger partial charge on any atom is 0.243 e. The van der Waals surface area contributed by atoms with Crippen LogP contribution in [0.2, 0.25) is 0 Å². The Morgan fingerprint density at radius 3 is 2.24 bits per heavy atom. The van der Waals surface area contributed by atoms with Gasteiger partial charge in [-0.15, -0.1) is 18.9 Å². The van der Waals surface area contributed by atoms with E-state index in [-0.39, 0.29) is 43.5 Å². The second-order valence-electron chi connectivity index (χ2n) is 8.01. The van der Waals surface area contributed by atoms with Gasteiger partial charge in [0, 0.05) is 25.8 Å². The lowest BCUT2D eigenvalue weighted by Crippen LogP contribution is -2.58. The first-order chi connectivity index (χ1) is 15.7. The Balaban J connectivity index is 2.93. The van der Waals surface area contributed by atoms with Gasteiger partial charge in [0.05, 0.1) is 0 Å². The number of nitrogens with one attached hydrogen (secondary N) is 4. The second kappa shape index (κ2) is 14.5. The molecule has 8 heteroatoms. The number of carbonyl (C=O) groups is 4. The highest BCUT2D eigenvalue weighted by atomic mass is 16.2. The number of benzene rings is 1. The summed E-state index contributed by atoms with van der Waals surface area (Å²) in [6.07, 6.45) is 7.37. The molecule has 0 bridgehead atoms. The zero-order chi connectivity index (χ0) is 24.8. The molecule has 178 valence electrons. The molecule has 4 N–H and O–H groups in total. The molecule has 1 rings (SSSR count).